The van der Waals surface area contributed by atoms with Crippen molar-refractivity contribution in [3.05, 3.63) is 94.3 Å². The number of carbonyl (C=O) groups excluding carboxylic acids is 4. The van der Waals surface area contributed by atoms with Gasteiger partial charge in [0.25, 0.3) is 11.8 Å². The number of nitrogens with one attached hydrogen (secondary N) is 5. The number of nitrogens with zero attached hydrogens (tertiary/aromatic N) is 8. The third kappa shape index (κ3) is 7.62. The van der Waals surface area contributed by atoms with Crippen LogP contribution >= 0.6 is 0 Å². The van der Waals surface area contributed by atoms with Crippen molar-refractivity contribution in [1.29, 1.82) is 0 Å². The van der Waals surface area contributed by atoms with Gasteiger partial charge in [-0.15, -0.1) is 0 Å². The molecule has 328 valence electrons. The lowest BCUT2D eigenvalue weighted by atomic mass is 9.97. The number of fused-ring (bicyclic) bond motifs is 4. The molecule has 18 heteroatoms. The van der Waals surface area contributed by atoms with Crippen LogP contribution in [0.3, 0.4) is 0 Å². The summed E-state index contributed by atoms with van der Waals surface area (Å²) in [5.74, 6) is 1.23. The Bertz CT molecular complexity index is 2990. The van der Waals surface area contributed by atoms with Crippen LogP contribution in [0.5, 0.6) is 0 Å². The number of piperidine rings is 1. The van der Waals surface area contributed by atoms with Gasteiger partial charge < -0.3 is 34.9 Å². The van der Waals surface area contributed by atoms with E-state index in [1.807, 2.05) is 41.4 Å². The minimum Gasteiger partial charge on any atom is -0.385 e. The largest absolute Gasteiger partial charge is 0.385 e. The maximum atomic E-state index is 13.8. The summed E-state index contributed by atoms with van der Waals surface area (Å²) in [6.07, 6.45) is 8.04. The zero-order chi connectivity index (χ0) is 44.2. The molecule has 2 aromatic carbocycles. The molecule has 10 rings (SSSR count). The Morgan fingerprint density at radius 3 is 2.66 bits per heavy atom. The Labute approximate surface area is 367 Å². The number of aromatic nitrogens is 8. The van der Waals surface area contributed by atoms with E-state index in [0.29, 0.717) is 62.1 Å². The molecule has 1 aliphatic carbocycles. The first-order valence-corrected chi connectivity index (χ1v) is 21.9. The predicted octanol–water partition coefficient (Wildman–Crippen LogP) is 5.96. The summed E-state index contributed by atoms with van der Waals surface area (Å²) in [4.78, 5) is 70.4. The first-order valence-electron chi connectivity index (χ1n) is 21.9. The molecule has 7 aromatic rings. The second-order valence-electron chi connectivity index (χ2n) is 16.9. The van der Waals surface area contributed by atoms with Crippen molar-refractivity contribution in [3.63, 3.8) is 0 Å². The fraction of sp³-hybridized carbons (Fsp3) is 0.370. The monoisotopic (exact) mass is 863 g/mol. The Hall–Kier alpha value is -7.37. The van der Waals surface area contributed by atoms with Crippen molar-refractivity contribution >= 4 is 62.9 Å². The normalized spacial score (nSPS) is 16.2. The van der Waals surface area contributed by atoms with E-state index >= 15 is 0 Å². The van der Waals surface area contributed by atoms with E-state index in [2.05, 4.69) is 68.4 Å². The summed E-state index contributed by atoms with van der Waals surface area (Å²) in [5.41, 5.74) is 9.44. The summed E-state index contributed by atoms with van der Waals surface area (Å²) in [6, 6.07) is 11.2. The average Bonchev–Trinajstić information content (AvgIpc) is 3.52. The number of anilines is 3. The van der Waals surface area contributed by atoms with E-state index in [4.69, 9.17) is 19.6 Å². The molecule has 0 bridgehead atoms. The fourth-order valence-electron chi connectivity index (χ4n) is 9.04. The van der Waals surface area contributed by atoms with Crippen molar-refractivity contribution < 1.29 is 23.7 Å². The maximum absolute atomic E-state index is 13.8. The molecule has 0 spiro atoms. The summed E-state index contributed by atoms with van der Waals surface area (Å²) >= 11 is 0. The zero-order valence-corrected chi connectivity index (χ0v) is 36.2. The van der Waals surface area contributed by atoms with E-state index < -0.39 is 17.9 Å². The van der Waals surface area contributed by atoms with Crippen molar-refractivity contribution in [2.45, 2.75) is 97.8 Å². The number of hydrogen-bond acceptors (Lipinski definition) is 12. The molecular weight excluding hydrogens is 815 g/mol. The van der Waals surface area contributed by atoms with Gasteiger partial charge in [0, 0.05) is 90.6 Å². The molecule has 1 saturated carbocycles. The molecule has 64 heavy (non-hydrogen) atoms. The second-order valence-corrected chi connectivity index (χ2v) is 16.9. The molecule has 5 aromatic heterocycles. The molecule has 1 unspecified atom stereocenters. The number of amides is 4. The molecule has 1 atom stereocenters. The Morgan fingerprint density at radius 1 is 1.02 bits per heavy atom. The number of benzene rings is 2. The van der Waals surface area contributed by atoms with Gasteiger partial charge in [0.15, 0.2) is 0 Å². The molecule has 3 aliphatic rings. The molecule has 4 amide bonds. The van der Waals surface area contributed by atoms with Gasteiger partial charge >= 0.3 is 0 Å². The van der Waals surface area contributed by atoms with Gasteiger partial charge in [0.2, 0.25) is 17.6 Å². The summed E-state index contributed by atoms with van der Waals surface area (Å²) < 4.78 is 9.38. The third-order valence-corrected chi connectivity index (χ3v) is 12.5. The van der Waals surface area contributed by atoms with E-state index in [0.717, 1.165) is 98.6 Å². The highest BCUT2D eigenvalue weighted by atomic mass is 16.5. The van der Waals surface area contributed by atoms with E-state index in [1.54, 1.807) is 17.3 Å². The van der Waals surface area contributed by atoms with Gasteiger partial charge in [-0.2, -0.15) is 5.10 Å². The number of H-pyrrole nitrogens is 1. The molecule has 1 saturated heterocycles. The first kappa shape index (κ1) is 40.7. The lowest BCUT2D eigenvalue weighted by Gasteiger charge is -2.29. The smallest absolute Gasteiger partial charge is 0.289 e. The standard InChI is InChI=1S/C46H49N13O5/c1-5-59-37(20-34(55-59)27-11-12-27)51-42-40-31-18-24(2)30(39-25(3)56-64-26(39)4)19-35(31)50-41(40)53-43(54-42)45(62)48-16-17-57-21-28(49-23-57)8-7-15-47-33-10-6-9-29-32(33)22-58(46(29)63)36-13-14-38(60)52-44(36)61/h6,9-10,18-21,23,27,36,47H,5,7-8,11-17,22H2,1-4H3,(H,48,62)(H,52,60,61)(H2,50,51,53,54). The van der Waals surface area contributed by atoms with Crippen molar-refractivity contribution in [2.24, 2.45) is 0 Å². The van der Waals surface area contributed by atoms with Crippen LogP contribution in [0.4, 0.5) is 17.3 Å². The molecule has 7 heterocycles. The number of carbonyl (C=O) groups is 4. The lowest BCUT2D eigenvalue weighted by molar-refractivity contribution is -0.136. The van der Waals surface area contributed by atoms with Gasteiger partial charge in [0.05, 0.1) is 28.8 Å². The molecular formula is C46H49N13O5. The number of imide groups is 1. The highest BCUT2D eigenvalue weighted by molar-refractivity contribution is 6.13. The van der Waals surface area contributed by atoms with E-state index in [1.165, 1.54) is 0 Å². The molecule has 2 aliphatic heterocycles. The van der Waals surface area contributed by atoms with Crippen molar-refractivity contribution in [2.75, 3.05) is 23.7 Å². The minimum absolute atomic E-state index is 0.0325. The van der Waals surface area contributed by atoms with Gasteiger partial charge in [-0.25, -0.2) is 19.6 Å². The second kappa shape index (κ2) is 16.4. The summed E-state index contributed by atoms with van der Waals surface area (Å²) in [6.45, 7) is 10.4. The highest BCUT2D eigenvalue weighted by Crippen LogP contribution is 2.42. The number of aromatic amines is 1. The first-order chi connectivity index (χ1) is 31.0. The number of hydrogen-bond donors (Lipinski definition) is 5. The van der Waals surface area contributed by atoms with Gasteiger partial charge in [-0.1, -0.05) is 11.2 Å². The van der Waals surface area contributed by atoms with Crippen LogP contribution in [-0.2, 0) is 35.6 Å². The van der Waals surface area contributed by atoms with Crippen LogP contribution in [0.1, 0.15) is 99.9 Å². The van der Waals surface area contributed by atoms with Crippen molar-refractivity contribution in [3.8, 4) is 11.1 Å². The third-order valence-electron chi connectivity index (χ3n) is 12.5. The molecule has 2 fully saturated rings. The summed E-state index contributed by atoms with van der Waals surface area (Å²) in [5, 5.41) is 23.1. The Morgan fingerprint density at radius 2 is 1.88 bits per heavy atom. The van der Waals surface area contributed by atoms with Crippen LogP contribution in [0, 0.1) is 20.8 Å². The quantitative estimate of drug-likeness (QED) is 0.0595. The van der Waals surface area contributed by atoms with Crippen LogP contribution < -0.4 is 21.3 Å². The SMILES string of the molecule is CCn1nc(C2CC2)cc1Nc1nc(C(=O)NCCn2cnc(CCCNc3cccc4c3CN(C3CCC(=O)NC3=O)C4=O)c2)nc2[nH]c3cc(-c4c(C)noc4C)c(C)cc3c12. The minimum atomic E-state index is -0.658. The van der Waals surface area contributed by atoms with Crippen molar-refractivity contribution in [1.82, 2.24) is 55.0 Å². The average molecular weight is 864 g/mol. The van der Waals surface area contributed by atoms with Crippen LogP contribution in [0.15, 0.2) is 53.4 Å². The molecule has 5 N–H and O–H groups in total. The van der Waals surface area contributed by atoms with Crippen LogP contribution in [-0.4, -0.2) is 87.1 Å². The van der Waals surface area contributed by atoms with E-state index in [-0.39, 0.29) is 24.1 Å². The number of imidazole rings is 1. The number of aryl methyl sites for hydroxylation is 5. The highest BCUT2D eigenvalue weighted by Gasteiger charge is 2.40. The van der Waals surface area contributed by atoms with Gasteiger partial charge in [-0.3, -0.25) is 24.5 Å². The van der Waals surface area contributed by atoms with Crippen LogP contribution in [0.2, 0.25) is 0 Å². The van der Waals surface area contributed by atoms with Crippen LogP contribution in [0.25, 0.3) is 33.1 Å². The van der Waals surface area contributed by atoms with Gasteiger partial charge in [0.1, 0.15) is 29.1 Å². The van der Waals surface area contributed by atoms with Gasteiger partial charge in [-0.05, 0) is 95.2 Å². The summed E-state index contributed by atoms with van der Waals surface area (Å²) in [7, 11) is 0. The molecule has 0 radical (unpaired) electrons. The zero-order valence-electron chi connectivity index (χ0n) is 36.2. The lowest BCUT2D eigenvalue weighted by Crippen LogP contribution is -2.52. The predicted molar refractivity (Wildman–Crippen MR) is 238 cm³/mol. The Balaban J connectivity index is 0.800. The maximum Gasteiger partial charge on any atom is 0.289 e. The topological polar surface area (TPSA) is 223 Å². The number of rotatable bonds is 15. The van der Waals surface area contributed by atoms with E-state index in [9.17, 15) is 19.2 Å². The Kier molecular flexibility index (Phi) is 10.4. The fourth-order valence-corrected chi connectivity index (χ4v) is 9.04. The molecule has 18 nitrogen and oxygen atoms in total.